The first-order valence-electron chi connectivity index (χ1n) is 5.20. The van der Waals surface area contributed by atoms with E-state index in [1.165, 1.54) is 12.3 Å². The molecule has 0 radical (unpaired) electrons. The normalized spacial score (nSPS) is 10.1. The summed E-state index contributed by atoms with van der Waals surface area (Å²) in [5.41, 5.74) is -1.05. The molecule has 0 spiro atoms. The van der Waals surface area contributed by atoms with Crippen molar-refractivity contribution in [2.75, 3.05) is 6.54 Å². The summed E-state index contributed by atoms with van der Waals surface area (Å²) >= 11 is 0. The molecule has 0 aliphatic carbocycles. The number of amides is 1. The van der Waals surface area contributed by atoms with Crippen molar-refractivity contribution in [1.82, 2.24) is 14.9 Å². The monoisotopic (exact) mass is 225 g/mol. The zero-order valence-corrected chi connectivity index (χ0v) is 9.16. The SMILES string of the molecule is CCCCNC(=O)Cn1c(=O)cc[nH]c1=O. The zero-order valence-electron chi connectivity index (χ0n) is 9.16. The number of unbranched alkanes of at least 4 members (excludes halogenated alkanes) is 1. The molecule has 1 aromatic rings. The van der Waals surface area contributed by atoms with E-state index in [1.807, 2.05) is 6.92 Å². The van der Waals surface area contributed by atoms with Gasteiger partial charge in [-0.25, -0.2) is 4.79 Å². The van der Waals surface area contributed by atoms with Crippen molar-refractivity contribution in [2.24, 2.45) is 0 Å². The smallest absolute Gasteiger partial charge is 0.328 e. The molecule has 1 amide bonds. The third-order valence-electron chi connectivity index (χ3n) is 2.10. The van der Waals surface area contributed by atoms with Crippen LogP contribution in [-0.2, 0) is 11.3 Å². The van der Waals surface area contributed by atoms with Gasteiger partial charge in [0.05, 0.1) is 0 Å². The van der Waals surface area contributed by atoms with Gasteiger partial charge >= 0.3 is 5.69 Å². The van der Waals surface area contributed by atoms with Gasteiger partial charge < -0.3 is 10.3 Å². The predicted octanol–water partition coefficient (Wildman–Crippen LogP) is -0.547. The molecule has 1 aromatic heterocycles. The second-order valence-corrected chi connectivity index (χ2v) is 3.41. The Hall–Kier alpha value is -1.85. The predicted molar refractivity (Wildman–Crippen MR) is 59.2 cm³/mol. The Labute approximate surface area is 92.3 Å². The molecule has 0 aromatic carbocycles. The van der Waals surface area contributed by atoms with E-state index in [2.05, 4.69) is 10.3 Å². The lowest BCUT2D eigenvalue weighted by Gasteiger charge is -2.05. The van der Waals surface area contributed by atoms with Gasteiger partial charge in [-0.3, -0.25) is 14.2 Å². The summed E-state index contributed by atoms with van der Waals surface area (Å²) in [6.45, 7) is 2.34. The molecular weight excluding hydrogens is 210 g/mol. The van der Waals surface area contributed by atoms with Gasteiger partial charge in [0.2, 0.25) is 5.91 Å². The van der Waals surface area contributed by atoms with E-state index < -0.39 is 11.2 Å². The standard InChI is InChI=1S/C10H15N3O3/c1-2-3-5-11-8(14)7-13-9(15)4-6-12-10(13)16/h4,6H,2-3,5,7H2,1H3,(H,11,14)(H,12,16). The average Bonchev–Trinajstić information content (AvgIpc) is 2.24. The van der Waals surface area contributed by atoms with Crippen LogP contribution in [0.1, 0.15) is 19.8 Å². The third kappa shape index (κ3) is 3.38. The largest absolute Gasteiger partial charge is 0.355 e. The van der Waals surface area contributed by atoms with Crippen LogP contribution in [0.5, 0.6) is 0 Å². The fourth-order valence-corrected chi connectivity index (χ4v) is 1.21. The summed E-state index contributed by atoms with van der Waals surface area (Å²) in [4.78, 5) is 36.2. The van der Waals surface area contributed by atoms with Gasteiger partial charge in [-0.1, -0.05) is 13.3 Å². The molecule has 6 nitrogen and oxygen atoms in total. The number of hydrogen-bond donors (Lipinski definition) is 2. The number of carbonyl (C=O) groups is 1. The second-order valence-electron chi connectivity index (χ2n) is 3.41. The highest BCUT2D eigenvalue weighted by Gasteiger charge is 2.05. The van der Waals surface area contributed by atoms with E-state index >= 15 is 0 Å². The molecule has 88 valence electrons. The van der Waals surface area contributed by atoms with Gasteiger partial charge in [-0.15, -0.1) is 0 Å². The number of rotatable bonds is 5. The van der Waals surface area contributed by atoms with Crippen molar-refractivity contribution in [3.63, 3.8) is 0 Å². The van der Waals surface area contributed by atoms with Crippen LogP contribution < -0.4 is 16.6 Å². The fourth-order valence-electron chi connectivity index (χ4n) is 1.21. The number of aromatic amines is 1. The Bertz CT molecular complexity index is 433. The Morgan fingerprint density at radius 3 is 2.88 bits per heavy atom. The summed E-state index contributed by atoms with van der Waals surface area (Å²) in [5, 5.41) is 2.64. The molecule has 1 rings (SSSR count). The maximum Gasteiger partial charge on any atom is 0.328 e. The highest BCUT2D eigenvalue weighted by Crippen LogP contribution is 1.82. The van der Waals surface area contributed by atoms with Crippen molar-refractivity contribution in [2.45, 2.75) is 26.3 Å². The first-order valence-corrected chi connectivity index (χ1v) is 5.20. The molecule has 2 N–H and O–H groups in total. The fraction of sp³-hybridized carbons (Fsp3) is 0.500. The van der Waals surface area contributed by atoms with Crippen molar-refractivity contribution in [3.05, 3.63) is 33.1 Å². The number of carbonyl (C=O) groups excluding carboxylic acids is 1. The van der Waals surface area contributed by atoms with Crippen molar-refractivity contribution in [3.8, 4) is 0 Å². The second kappa shape index (κ2) is 5.89. The van der Waals surface area contributed by atoms with Crippen LogP contribution >= 0.6 is 0 Å². The van der Waals surface area contributed by atoms with Gasteiger partial charge in [0, 0.05) is 18.8 Å². The first kappa shape index (κ1) is 12.2. The molecular formula is C10H15N3O3. The van der Waals surface area contributed by atoms with Crippen LogP contribution in [0.25, 0.3) is 0 Å². The highest BCUT2D eigenvalue weighted by molar-refractivity contribution is 5.75. The molecule has 0 saturated carbocycles. The lowest BCUT2D eigenvalue weighted by Crippen LogP contribution is -2.40. The number of H-pyrrole nitrogens is 1. The molecule has 0 aliphatic heterocycles. The minimum Gasteiger partial charge on any atom is -0.355 e. The van der Waals surface area contributed by atoms with Gasteiger partial charge in [0.15, 0.2) is 0 Å². The Kier molecular flexibility index (Phi) is 4.50. The van der Waals surface area contributed by atoms with Crippen LogP contribution in [0, 0.1) is 0 Å². The number of hydrogen-bond acceptors (Lipinski definition) is 3. The molecule has 0 fully saturated rings. The van der Waals surface area contributed by atoms with E-state index in [-0.39, 0.29) is 12.5 Å². The Morgan fingerprint density at radius 2 is 2.25 bits per heavy atom. The van der Waals surface area contributed by atoms with Crippen molar-refractivity contribution in [1.29, 1.82) is 0 Å². The lowest BCUT2D eigenvalue weighted by molar-refractivity contribution is -0.121. The van der Waals surface area contributed by atoms with E-state index in [0.29, 0.717) is 6.54 Å². The molecule has 1 heterocycles. The van der Waals surface area contributed by atoms with E-state index in [4.69, 9.17) is 0 Å². The topological polar surface area (TPSA) is 84.0 Å². The van der Waals surface area contributed by atoms with E-state index in [1.54, 1.807) is 0 Å². The number of nitrogens with zero attached hydrogens (tertiary/aromatic N) is 1. The summed E-state index contributed by atoms with van der Waals surface area (Å²) in [6.07, 6.45) is 3.12. The molecule has 16 heavy (non-hydrogen) atoms. The van der Waals surface area contributed by atoms with Gasteiger partial charge in [0.25, 0.3) is 5.56 Å². The van der Waals surface area contributed by atoms with Crippen LogP contribution in [0.15, 0.2) is 21.9 Å². The van der Waals surface area contributed by atoms with Crippen LogP contribution in [0.3, 0.4) is 0 Å². The summed E-state index contributed by atoms with van der Waals surface area (Å²) in [7, 11) is 0. The van der Waals surface area contributed by atoms with Gasteiger partial charge in [-0.05, 0) is 6.42 Å². The maximum atomic E-state index is 11.4. The zero-order chi connectivity index (χ0) is 12.0. The first-order chi connectivity index (χ1) is 7.65. The van der Waals surface area contributed by atoms with Crippen molar-refractivity contribution >= 4 is 5.91 Å². The van der Waals surface area contributed by atoms with E-state index in [9.17, 15) is 14.4 Å². The third-order valence-corrected chi connectivity index (χ3v) is 2.10. The number of nitrogens with one attached hydrogen (secondary N) is 2. The van der Waals surface area contributed by atoms with Crippen LogP contribution in [0.2, 0.25) is 0 Å². The number of aromatic nitrogens is 2. The summed E-state index contributed by atoms with van der Waals surface area (Å²) in [6, 6.07) is 1.21. The molecule has 6 heteroatoms. The minimum atomic E-state index is -0.571. The Morgan fingerprint density at radius 1 is 1.50 bits per heavy atom. The average molecular weight is 225 g/mol. The molecule has 0 aliphatic rings. The molecule has 0 unspecified atom stereocenters. The van der Waals surface area contributed by atoms with Gasteiger partial charge in [0.1, 0.15) is 6.54 Å². The van der Waals surface area contributed by atoms with Crippen LogP contribution in [0.4, 0.5) is 0 Å². The Balaban J connectivity index is 2.63. The quantitative estimate of drug-likeness (QED) is 0.660. The lowest BCUT2D eigenvalue weighted by atomic mass is 10.3. The van der Waals surface area contributed by atoms with Crippen molar-refractivity contribution < 1.29 is 4.79 Å². The summed E-state index contributed by atoms with van der Waals surface area (Å²) < 4.78 is 0.862. The molecule has 0 atom stereocenters. The van der Waals surface area contributed by atoms with Crippen LogP contribution in [-0.4, -0.2) is 22.0 Å². The van der Waals surface area contributed by atoms with E-state index in [0.717, 1.165) is 17.4 Å². The molecule has 0 bridgehead atoms. The van der Waals surface area contributed by atoms with Gasteiger partial charge in [-0.2, -0.15) is 0 Å². The minimum absolute atomic E-state index is 0.237. The molecule has 0 saturated heterocycles. The highest BCUT2D eigenvalue weighted by atomic mass is 16.2. The summed E-state index contributed by atoms with van der Waals surface area (Å²) in [5.74, 6) is -0.327. The maximum absolute atomic E-state index is 11.4.